The van der Waals surface area contributed by atoms with Gasteiger partial charge in [0, 0.05) is 6.42 Å². The van der Waals surface area contributed by atoms with E-state index in [1.807, 2.05) is 0 Å². The number of aliphatic hydroxyl groups excluding tert-OH is 1. The number of hydrogen-bond acceptors (Lipinski definition) is 3. The second-order valence-electron chi connectivity index (χ2n) is 4.29. The lowest BCUT2D eigenvalue weighted by atomic mass is 10.0. The topological polar surface area (TPSA) is 38.7 Å². The zero-order valence-electron chi connectivity index (χ0n) is 9.94. The van der Waals surface area contributed by atoms with Gasteiger partial charge in [0.1, 0.15) is 0 Å². The molecule has 1 aromatic rings. The van der Waals surface area contributed by atoms with Gasteiger partial charge in [-0.2, -0.15) is 0 Å². The maximum atomic E-state index is 10.1. The summed E-state index contributed by atoms with van der Waals surface area (Å²) in [4.78, 5) is 0. The number of benzene rings is 1. The summed E-state index contributed by atoms with van der Waals surface area (Å²) in [6.45, 7) is 1.46. The molecule has 1 atom stereocenters. The van der Waals surface area contributed by atoms with E-state index in [1.54, 1.807) is 18.2 Å². The zero-order valence-corrected chi connectivity index (χ0v) is 11.5. The minimum atomic E-state index is -0.575. The molecule has 0 radical (unpaired) electrons. The Morgan fingerprint density at radius 3 is 2.61 bits per heavy atom. The van der Waals surface area contributed by atoms with Gasteiger partial charge in [-0.1, -0.05) is 29.3 Å². The van der Waals surface area contributed by atoms with Crippen molar-refractivity contribution >= 4 is 23.2 Å². The Bertz CT molecular complexity index is 392. The lowest BCUT2D eigenvalue weighted by Gasteiger charge is -2.24. The monoisotopic (exact) mass is 290 g/mol. The predicted octanol–water partition coefficient (Wildman–Crippen LogP) is 3.57. The maximum Gasteiger partial charge on any atom is 0.157 e. The molecular formula is C13H16Cl2O3. The second kappa shape index (κ2) is 6.73. The van der Waals surface area contributed by atoms with Crippen molar-refractivity contribution in [3.8, 4) is 0 Å². The summed E-state index contributed by atoms with van der Waals surface area (Å²) in [5.74, 6) is 0. The molecule has 1 aromatic carbocycles. The summed E-state index contributed by atoms with van der Waals surface area (Å²) in [6.07, 6.45) is 1.40. The van der Waals surface area contributed by atoms with Crippen molar-refractivity contribution in [2.75, 3.05) is 13.2 Å². The summed E-state index contributed by atoms with van der Waals surface area (Å²) in [7, 11) is 0. The van der Waals surface area contributed by atoms with Crippen LogP contribution in [0, 0.1) is 0 Å². The van der Waals surface area contributed by atoms with Crippen LogP contribution in [0.1, 0.15) is 30.9 Å². The van der Waals surface area contributed by atoms with Gasteiger partial charge in [0.15, 0.2) is 6.29 Å². The van der Waals surface area contributed by atoms with E-state index in [-0.39, 0.29) is 6.29 Å². The average Bonchev–Trinajstić information content (AvgIpc) is 2.40. The van der Waals surface area contributed by atoms with Crippen LogP contribution in [0.5, 0.6) is 0 Å². The summed E-state index contributed by atoms with van der Waals surface area (Å²) >= 11 is 11.7. The summed E-state index contributed by atoms with van der Waals surface area (Å²) < 4.78 is 10.9. The molecule has 0 aliphatic carbocycles. The van der Waals surface area contributed by atoms with Crippen molar-refractivity contribution in [3.63, 3.8) is 0 Å². The fourth-order valence-electron chi connectivity index (χ4n) is 1.88. The molecular weight excluding hydrogens is 275 g/mol. The molecule has 100 valence electrons. The molecule has 1 heterocycles. The van der Waals surface area contributed by atoms with Crippen LogP contribution >= 0.6 is 23.2 Å². The van der Waals surface area contributed by atoms with Crippen molar-refractivity contribution in [3.05, 3.63) is 33.8 Å². The molecule has 1 aliphatic heterocycles. The van der Waals surface area contributed by atoms with Crippen LogP contribution in [0.2, 0.25) is 10.0 Å². The Morgan fingerprint density at radius 1 is 1.22 bits per heavy atom. The van der Waals surface area contributed by atoms with E-state index in [1.165, 1.54) is 0 Å². The number of aliphatic hydroxyl groups is 1. The Hall–Kier alpha value is -0.320. The van der Waals surface area contributed by atoms with Crippen LogP contribution in [0.3, 0.4) is 0 Å². The van der Waals surface area contributed by atoms with Gasteiger partial charge < -0.3 is 14.6 Å². The number of hydrogen-bond donors (Lipinski definition) is 1. The molecule has 2 rings (SSSR count). The molecule has 0 spiro atoms. The smallest absolute Gasteiger partial charge is 0.157 e. The van der Waals surface area contributed by atoms with Gasteiger partial charge in [0.2, 0.25) is 0 Å². The normalized spacial score (nSPS) is 18.8. The SMILES string of the molecule is O[C@H](CCC1OCCCO1)c1ccc(Cl)c(Cl)c1. The second-order valence-corrected chi connectivity index (χ2v) is 5.11. The first-order valence-electron chi connectivity index (χ1n) is 6.03. The Kier molecular flexibility index (Phi) is 5.27. The van der Waals surface area contributed by atoms with E-state index in [4.69, 9.17) is 32.7 Å². The minimum Gasteiger partial charge on any atom is -0.388 e. The minimum absolute atomic E-state index is 0.198. The van der Waals surface area contributed by atoms with Crippen molar-refractivity contribution in [1.29, 1.82) is 0 Å². The molecule has 18 heavy (non-hydrogen) atoms. The molecule has 3 nitrogen and oxygen atoms in total. The average molecular weight is 291 g/mol. The van der Waals surface area contributed by atoms with E-state index >= 15 is 0 Å². The van der Waals surface area contributed by atoms with Gasteiger partial charge >= 0.3 is 0 Å². The molecule has 0 bridgehead atoms. The first-order valence-corrected chi connectivity index (χ1v) is 6.78. The predicted molar refractivity (Wildman–Crippen MR) is 71.0 cm³/mol. The number of rotatable bonds is 4. The van der Waals surface area contributed by atoms with Crippen LogP contribution in [-0.2, 0) is 9.47 Å². The van der Waals surface area contributed by atoms with Crippen LogP contribution < -0.4 is 0 Å². The third kappa shape index (κ3) is 3.84. The first-order chi connectivity index (χ1) is 8.66. The maximum absolute atomic E-state index is 10.1. The van der Waals surface area contributed by atoms with Gasteiger partial charge in [0.25, 0.3) is 0 Å². The molecule has 1 saturated heterocycles. The molecule has 1 N–H and O–H groups in total. The van der Waals surface area contributed by atoms with E-state index in [9.17, 15) is 5.11 Å². The highest BCUT2D eigenvalue weighted by molar-refractivity contribution is 6.42. The lowest BCUT2D eigenvalue weighted by molar-refractivity contribution is -0.183. The zero-order chi connectivity index (χ0) is 13.0. The van der Waals surface area contributed by atoms with Gasteiger partial charge in [-0.05, 0) is 30.5 Å². The van der Waals surface area contributed by atoms with Crippen molar-refractivity contribution < 1.29 is 14.6 Å². The third-order valence-corrected chi connectivity index (χ3v) is 3.64. The standard InChI is InChI=1S/C13H16Cl2O3/c14-10-3-2-9(8-11(10)15)12(16)4-5-13-17-6-1-7-18-13/h2-3,8,12-13,16H,1,4-7H2/t12-/m1/s1. The van der Waals surface area contributed by atoms with Gasteiger partial charge in [-0.25, -0.2) is 0 Å². The highest BCUT2D eigenvalue weighted by atomic mass is 35.5. The Labute approximate surface area is 117 Å². The third-order valence-electron chi connectivity index (χ3n) is 2.90. The molecule has 0 amide bonds. The summed E-state index contributed by atoms with van der Waals surface area (Å²) in [5, 5.41) is 11.0. The Balaban J connectivity index is 1.86. The van der Waals surface area contributed by atoms with E-state index in [2.05, 4.69) is 0 Å². The van der Waals surface area contributed by atoms with Crippen LogP contribution in [0.25, 0.3) is 0 Å². The van der Waals surface area contributed by atoms with Crippen molar-refractivity contribution in [2.24, 2.45) is 0 Å². The Morgan fingerprint density at radius 2 is 1.94 bits per heavy atom. The van der Waals surface area contributed by atoms with Crippen LogP contribution in [-0.4, -0.2) is 24.6 Å². The van der Waals surface area contributed by atoms with E-state index in [0.29, 0.717) is 22.9 Å². The lowest BCUT2D eigenvalue weighted by Crippen LogP contribution is -2.25. The van der Waals surface area contributed by atoms with E-state index < -0.39 is 6.10 Å². The van der Waals surface area contributed by atoms with Crippen LogP contribution in [0.15, 0.2) is 18.2 Å². The highest BCUT2D eigenvalue weighted by Crippen LogP contribution is 2.28. The van der Waals surface area contributed by atoms with Crippen molar-refractivity contribution in [1.82, 2.24) is 0 Å². The quantitative estimate of drug-likeness (QED) is 0.921. The van der Waals surface area contributed by atoms with Crippen LogP contribution in [0.4, 0.5) is 0 Å². The van der Waals surface area contributed by atoms with Gasteiger partial charge in [-0.15, -0.1) is 0 Å². The van der Waals surface area contributed by atoms with E-state index in [0.717, 1.165) is 25.2 Å². The molecule has 1 fully saturated rings. The first kappa shape index (κ1) is 14.1. The molecule has 0 aromatic heterocycles. The number of ether oxygens (including phenoxy) is 2. The van der Waals surface area contributed by atoms with Crippen molar-refractivity contribution in [2.45, 2.75) is 31.7 Å². The molecule has 5 heteroatoms. The fraction of sp³-hybridized carbons (Fsp3) is 0.538. The molecule has 1 aliphatic rings. The summed E-state index contributed by atoms with van der Waals surface area (Å²) in [6, 6.07) is 5.16. The molecule has 0 saturated carbocycles. The molecule has 0 unspecified atom stereocenters. The summed E-state index contributed by atoms with van der Waals surface area (Å²) in [5.41, 5.74) is 0.764. The number of halogens is 2. The largest absolute Gasteiger partial charge is 0.388 e. The van der Waals surface area contributed by atoms with Gasteiger partial charge in [0.05, 0.1) is 29.4 Å². The van der Waals surface area contributed by atoms with Gasteiger partial charge in [-0.3, -0.25) is 0 Å². The fourth-order valence-corrected chi connectivity index (χ4v) is 2.19. The highest BCUT2D eigenvalue weighted by Gasteiger charge is 2.17.